The van der Waals surface area contributed by atoms with Gasteiger partial charge in [-0.3, -0.25) is 9.59 Å². The monoisotopic (exact) mass is 450 g/mol. The molecule has 0 bridgehead atoms. The van der Waals surface area contributed by atoms with Crippen molar-refractivity contribution in [2.45, 2.75) is 51.7 Å². The lowest BCUT2D eigenvalue weighted by Gasteiger charge is -2.23. The van der Waals surface area contributed by atoms with Crippen LogP contribution in [0.2, 0.25) is 0 Å². The molecule has 31 heavy (non-hydrogen) atoms. The van der Waals surface area contributed by atoms with Crippen LogP contribution in [-0.2, 0) is 24.3 Å². The zero-order valence-electron chi connectivity index (χ0n) is 18.1. The van der Waals surface area contributed by atoms with Gasteiger partial charge in [0.25, 0.3) is 5.91 Å². The summed E-state index contributed by atoms with van der Waals surface area (Å²) in [6.07, 6.45) is -1.17. The third kappa shape index (κ3) is 6.35. The van der Waals surface area contributed by atoms with Gasteiger partial charge in [0, 0.05) is 5.69 Å². The number of amides is 1. The van der Waals surface area contributed by atoms with Crippen LogP contribution in [-0.4, -0.2) is 32.4 Å². The van der Waals surface area contributed by atoms with Crippen molar-refractivity contribution in [1.29, 1.82) is 0 Å². The highest BCUT2D eigenvalue weighted by Gasteiger charge is 2.32. The van der Waals surface area contributed by atoms with Gasteiger partial charge in [-0.25, -0.2) is 12.8 Å². The van der Waals surface area contributed by atoms with E-state index < -0.39 is 50.7 Å². The average Bonchev–Trinajstić information content (AvgIpc) is 2.68. The van der Waals surface area contributed by atoms with Crippen molar-refractivity contribution >= 4 is 27.6 Å². The van der Waals surface area contributed by atoms with Gasteiger partial charge in [0.1, 0.15) is 16.8 Å². The number of ether oxygens (including phenoxy) is 1. The molecule has 168 valence electrons. The molecule has 2 rings (SSSR count). The molecule has 2 aromatic rings. The molecule has 7 nitrogen and oxygen atoms in total. The summed E-state index contributed by atoms with van der Waals surface area (Å²) in [5, 5.41) is 2.69. The molecule has 1 unspecified atom stereocenters. The lowest BCUT2D eigenvalue weighted by molar-refractivity contribution is -0.155. The maximum Gasteiger partial charge on any atom is 0.325 e. The van der Waals surface area contributed by atoms with Crippen molar-refractivity contribution in [2.24, 2.45) is 5.92 Å². The number of halogens is 1. The summed E-state index contributed by atoms with van der Waals surface area (Å²) in [7, 11) is -4.32. The summed E-state index contributed by atoms with van der Waals surface area (Å²) in [6, 6.07) is 9.02. The van der Waals surface area contributed by atoms with Gasteiger partial charge in [-0.05, 0) is 50.5 Å². The first-order chi connectivity index (χ1) is 14.4. The number of esters is 1. The molecule has 0 heterocycles. The molecule has 0 aliphatic heterocycles. The Morgan fingerprint density at radius 1 is 1.03 bits per heavy atom. The molecule has 0 saturated heterocycles. The first kappa shape index (κ1) is 24.5. The number of anilines is 1. The van der Waals surface area contributed by atoms with E-state index in [2.05, 4.69) is 10.0 Å². The van der Waals surface area contributed by atoms with Crippen molar-refractivity contribution in [2.75, 3.05) is 5.32 Å². The second-order valence-electron chi connectivity index (χ2n) is 7.66. The van der Waals surface area contributed by atoms with Crippen molar-refractivity contribution in [3.8, 4) is 0 Å². The van der Waals surface area contributed by atoms with Gasteiger partial charge in [-0.1, -0.05) is 43.7 Å². The third-order valence-electron chi connectivity index (χ3n) is 4.63. The van der Waals surface area contributed by atoms with Gasteiger partial charge in [-0.2, -0.15) is 4.72 Å². The lowest BCUT2D eigenvalue weighted by atomic mass is 10.1. The zero-order chi connectivity index (χ0) is 23.3. The molecule has 0 fully saturated rings. The molecule has 2 atom stereocenters. The summed E-state index contributed by atoms with van der Waals surface area (Å²) in [6.45, 7) is 8.37. The maximum absolute atomic E-state index is 13.9. The fourth-order valence-electron chi connectivity index (χ4n) is 2.84. The normalized spacial score (nSPS) is 13.5. The molecule has 1 amide bonds. The molecule has 9 heteroatoms. The van der Waals surface area contributed by atoms with Crippen LogP contribution < -0.4 is 10.0 Å². The third-order valence-corrected chi connectivity index (χ3v) is 6.11. The Balaban J connectivity index is 2.11. The molecule has 2 aromatic carbocycles. The van der Waals surface area contributed by atoms with Crippen molar-refractivity contribution in [3.63, 3.8) is 0 Å². The Hall–Kier alpha value is -2.78. The Morgan fingerprint density at radius 2 is 1.68 bits per heavy atom. The van der Waals surface area contributed by atoms with Gasteiger partial charge in [0.2, 0.25) is 10.0 Å². The average molecular weight is 451 g/mol. The predicted molar refractivity (Wildman–Crippen MR) is 115 cm³/mol. The molecule has 0 spiro atoms. The van der Waals surface area contributed by atoms with E-state index in [1.165, 1.54) is 19.1 Å². The zero-order valence-corrected chi connectivity index (χ0v) is 18.9. The second kappa shape index (κ2) is 10.0. The van der Waals surface area contributed by atoms with Crippen LogP contribution in [0, 0.1) is 25.6 Å². The van der Waals surface area contributed by atoms with E-state index >= 15 is 0 Å². The molecule has 0 aliphatic carbocycles. The lowest BCUT2D eigenvalue weighted by Crippen LogP contribution is -2.47. The molecule has 0 saturated carbocycles. The number of benzene rings is 2. The van der Waals surface area contributed by atoms with Crippen LogP contribution >= 0.6 is 0 Å². The number of aryl methyl sites for hydroxylation is 2. The van der Waals surface area contributed by atoms with E-state index in [-0.39, 0.29) is 0 Å². The number of hydrogen-bond acceptors (Lipinski definition) is 5. The molecular formula is C22H27FN2O5S. The van der Waals surface area contributed by atoms with E-state index in [4.69, 9.17) is 4.74 Å². The summed E-state index contributed by atoms with van der Waals surface area (Å²) >= 11 is 0. The Kier molecular flexibility index (Phi) is 7.91. The highest BCUT2D eigenvalue weighted by atomic mass is 32.2. The Labute approximate surface area is 182 Å². The molecule has 0 radical (unpaired) electrons. The highest BCUT2D eigenvalue weighted by Crippen LogP contribution is 2.18. The number of carbonyl (C=O) groups is 2. The number of sulfonamides is 1. The predicted octanol–water partition coefficient (Wildman–Crippen LogP) is 3.32. The van der Waals surface area contributed by atoms with Gasteiger partial charge >= 0.3 is 5.97 Å². The topological polar surface area (TPSA) is 102 Å². The first-order valence-corrected chi connectivity index (χ1v) is 11.3. The van der Waals surface area contributed by atoms with Gasteiger partial charge in [0.05, 0.1) is 0 Å². The summed E-state index contributed by atoms with van der Waals surface area (Å²) in [5.41, 5.74) is 2.47. The quantitative estimate of drug-likeness (QED) is 0.601. The minimum absolute atomic E-state index is 0.511. The van der Waals surface area contributed by atoms with Crippen molar-refractivity contribution < 1.29 is 27.1 Å². The van der Waals surface area contributed by atoms with E-state index in [0.29, 0.717) is 5.69 Å². The standard InChI is InChI=1S/C22H27FN2O5S/c1-13(2)20(25-31(28,29)19-9-7-6-8-17(19)23)22(27)30-16(5)21(26)24-18-11-10-14(3)12-15(18)4/h6-13,16,20,25H,1-5H3,(H,24,26)/t16?,20-/m0/s1. The van der Waals surface area contributed by atoms with E-state index in [9.17, 15) is 22.4 Å². The van der Waals surface area contributed by atoms with Crippen LogP contribution in [0.4, 0.5) is 10.1 Å². The summed E-state index contributed by atoms with van der Waals surface area (Å²) < 4.78 is 46.4. The summed E-state index contributed by atoms with van der Waals surface area (Å²) in [5.74, 6) is -2.94. The number of hydrogen-bond donors (Lipinski definition) is 2. The van der Waals surface area contributed by atoms with Crippen LogP contribution in [0.15, 0.2) is 47.4 Å². The van der Waals surface area contributed by atoms with Gasteiger partial charge in [0.15, 0.2) is 6.10 Å². The van der Waals surface area contributed by atoms with Gasteiger partial charge < -0.3 is 10.1 Å². The van der Waals surface area contributed by atoms with Crippen LogP contribution in [0.25, 0.3) is 0 Å². The fraction of sp³-hybridized carbons (Fsp3) is 0.364. The van der Waals surface area contributed by atoms with E-state index in [0.717, 1.165) is 23.3 Å². The Bertz CT molecular complexity index is 1070. The molecule has 0 aromatic heterocycles. The maximum atomic E-state index is 13.9. The van der Waals surface area contributed by atoms with Gasteiger partial charge in [-0.15, -0.1) is 0 Å². The fourth-order valence-corrected chi connectivity index (χ4v) is 4.25. The SMILES string of the molecule is Cc1ccc(NC(=O)C(C)OC(=O)[C@@H](NS(=O)(=O)c2ccccc2F)C(C)C)c(C)c1. The number of nitrogens with one attached hydrogen (secondary N) is 2. The Morgan fingerprint density at radius 3 is 2.26 bits per heavy atom. The molecular weight excluding hydrogens is 423 g/mol. The highest BCUT2D eigenvalue weighted by molar-refractivity contribution is 7.89. The molecule has 0 aliphatic rings. The van der Waals surface area contributed by atoms with E-state index in [1.807, 2.05) is 26.0 Å². The minimum atomic E-state index is -4.32. The molecule has 2 N–H and O–H groups in total. The van der Waals surface area contributed by atoms with Crippen LogP contribution in [0.3, 0.4) is 0 Å². The van der Waals surface area contributed by atoms with Crippen molar-refractivity contribution in [1.82, 2.24) is 4.72 Å². The van der Waals surface area contributed by atoms with Crippen LogP contribution in [0.1, 0.15) is 31.9 Å². The van der Waals surface area contributed by atoms with E-state index in [1.54, 1.807) is 19.9 Å². The summed E-state index contributed by atoms with van der Waals surface area (Å²) in [4.78, 5) is 24.5. The van der Waals surface area contributed by atoms with Crippen LogP contribution in [0.5, 0.6) is 0 Å². The second-order valence-corrected chi connectivity index (χ2v) is 9.34. The van der Waals surface area contributed by atoms with Crippen molar-refractivity contribution in [3.05, 3.63) is 59.4 Å². The minimum Gasteiger partial charge on any atom is -0.451 e. The number of rotatable bonds is 8. The first-order valence-electron chi connectivity index (χ1n) is 9.78. The largest absolute Gasteiger partial charge is 0.451 e. The number of carbonyl (C=O) groups excluding carboxylic acids is 2. The smallest absolute Gasteiger partial charge is 0.325 e.